The maximum atomic E-state index is 13.3. The molecule has 0 aliphatic heterocycles. The van der Waals surface area contributed by atoms with Crippen molar-refractivity contribution in [1.82, 2.24) is 10.2 Å². The third kappa shape index (κ3) is 4.55. The standard InChI is InChI=1S/C13H17F3N2O/c1-18(2)8-4-3-7-17-13(19)9-5-6-10(14)12(16)11(9)15/h5-6H,3-4,7-8H2,1-2H3,(H,17,19). The molecule has 0 aliphatic rings. The molecule has 0 atom stereocenters. The summed E-state index contributed by atoms with van der Waals surface area (Å²) in [5, 5.41) is 2.47. The van der Waals surface area contributed by atoms with Crippen LogP contribution in [0.15, 0.2) is 12.1 Å². The van der Waals surface area contributed by atoms with Gasteiger partial charge in [0.25, 0.3) is 5.91 Å². The molecule has 1 N–H and O–H groups in total. The number of hydrogen-bond acceptors (Lipinski definition) is 2. The maximum absolute atomic E-state index is 13.3. The zero-order valence-electron chi connectivity index (χ0n) is 11.0. The number of hydrogen-bond donors (Lipinski definition) is 1. The number of benzene rings is 1. The van der Waals surface area contributed by atoms with Gasteiger partial charge in [0.2, 0.25) is 0 Å². The van der Waals surface area contributed by atoms with Crippen LogP contribution in [0.2, 0.25) is 0 Å². The van der Waals surface area contributed by atoms with Gasteiger partial charge in [-0.1, -0.05) is 0 Å². The Morgan fingerprint density at radius 3 is 2.47 bits per heavy atom. The number of amides is 1. The average Bonchev–Trinajstić information content (AvgIpc) is 2.35. The van der Waals surface area contributed by atoms with E-state index in [2.05, 4.69) is 5.32 Å². The number of nitrogens with zero attached hydrogens (tertiary/aromatic N) is 1. The van der Waals surface area contributed by atoms with E-state index in [9.17, 15) is 18.0 Å². The van der Waals surface area contributed by atoms with E-state index in [1.54, 1.807) is 0 Å². The minimum atomic E-state index is -1.62. The molecule has 0 aromatic heterocycles. The Labute approximate surface area is 110 Å². The van der Waals surface area contributed by atoms with Crippen LogP contribution in [0, 0.1) is 17.5 Å². The Morgan fingerprint density at radius 1 is 1.16 bits per heavy atom. The number of halogens is 3. The van der Waals surface area contributed by atoms with Crippen molar-refractivity contribution in [3.63, 3.8) is 0 Å². The number of rotatable bonds is 6. The summed E-state index contributed by atoms with van der Waals surface area (Å²) in [7, 11) is 3.88. The van der Waals surface area contributed by atoms with Crippen molar-refractivity contribution in [2.75, 3.05) is 27.2 Å². The van der Waals surface area contributed by atoms with E-state index in [1.807, 2.05) is 19.0 Å². The highest BCUT2D eigenvalue weighted by atomic mass is 19.2. The topological polar surface area (TPSA) is 32.3 Å². The molecular weight excluding hydrogens is 257 g/mol. The van der Waals surface area contributed by atoms with Crippen LogP contribution in [-0.4, -0.2) is 38.0 Å². The lowest BCUT2D eigenvalue weighted by molar-refractivity contribution is 0.0947. The van der Waals surface area contributed by atoms with Crippen LogP contribution >= 0.6 is 0 Å². The molecule has 0 heterocycles. The predicted molar refractivity (Wildman–Crippen MR) is 66.4 cm³/mol. The molecule has 19 heavy (non-hydrogen) atoms. The quantitative estimate of drug-likeness (QED) is 0.637. The summed E-state index contributed by atoms with van der Waals surface area (Å²) in [5.41, 5.74) is -0.480. The molecule has 0 radical (unpaired) electrons. The average molecular weight is 274 g/mol. The molecule has 1 rings (SSSR count). The van der Waals surface area contributed by atoms with E-state index < -0.39 is 28.9 Å². The normalized spacial score (nSPS) is 10.8. The lowest BCUT2D eigenvalue weighted by Gasteiger charge is -2.10. The van der Waals surface area contributed by atoms with E-state index in [1.165, 1.54) is 0 Å². The Bertz CT molecular complexity index is 450. The van der Waals surface area contributed by atoms with Gasteiger partial charge in [0.05, 0.1) is 5.56 Å². The van der Waals surface area contributed by atoms with Crippen LogP contribution in [0.25, 0.3) is 0 Å². The number of nitrogens with one attached hydrogen (secondary N) is 1. The van der Waals surface area contributed by atoms with Gasteiger partial charge < -0.3 is 10.2 Å². The van der Waals surface area contributed by atoms with Gasteiger partial charge in [0, 0.05) is 6.54 Å². The van der Waals surface area contributed by atoms with Crippen molar-refractivity contribution in [3.8, 4) is 0 Å². The summed E-state index contributed by atoms with van der Waals surface area (Å²) in [6.45, 7) is 1.25. The van der Waals surface area contributed by atoms with Gasteiger partial charge in [-0.05, 0) is 45.6 Å². The first-order chi connectivity index (χ1) is 8.93. The fourth-order valence-electron chi connectivity index (χ4n) is 1.55. The molecule has 1 aromatic rings. The first kappa shape index (κ1) is 15.5. The van der Waals surface area contributed by atoms with E-state index in [0.717, 1.165) is 31.5 Å². The van der Waals surface area contributed by atoms with Crippen LogP contribution in [0.5, 0.6) is 0 Å². The van der Waals surface area contributed by atoms with Gasteiger partial charge in [-0.25, -0.2) is 13.2 Å². The molecule has 1 aromatic carbocycles. The van der Waals surface area contributed by atoms with E-state index in [-0.39, 0.29) is 0 Å². The van der Waals surface area contributed by atoms with E-state index >= 15 is 0 Å². The first-order valence-corrected chi connectivity index (χ1v) is 6.00. The minimum Gasteiger partial charge on any atom is -0.352 e. The Hall–Kier alpha value is -1.56. The summed E-state index contributed by atoms with van der Waals surface area (Å²) in [4.78, 5) is 13.6. The highest BCUT2D eigenvalue weighted by Gasteiger charge is 2.18. The largest absolute Gasteiger partial charge is 0.352 e. The molecule has 0 unspecified atom stereocenters. The number of unbranched alkanes of at least 4 members (excludes halogenated alkanes) is 1. The zero-order chi connectivity index (χ0) is 14.4. The van der Waals surface area contributed by atoms with Crippen LogP contribution < -0.4 is 5.32 Å². The SMILES string of the molecule is CN(C)CCCCNC(=O)c1ccc(F)c(F)c1F. The van der Waals surface area contributed by atoms with Crippen molar-refractivity contribution >= 4 is 5.91 Å². The Kier molecular flexibility index (Phi) is 5.82. The van der Waals surface area contributed by atoms with Crippen molar-refractivity contribution in [2.45, 2.75) is 12.8 Å². The molecule has 106 valence electrons. The second-order valence-electron chi connectivity index (χ2n) is 4.49. The highest BCUT2D eigenvalue weighted by Crippen LogP contribution is 2.14. The fourth-order valence-corrected chi connectivity index (χ4v) is 1.55. The summed E-state index contributed by atoms with van der Waals surface area (Å²) in [6.07, 6.45) is 1.61. The molecule has 0 aliphatic carbocycles. The van der Waals surface area contributed by atoms with Crippen molar-refractivity contribution in [1.29, 1.82) is 0 Å². The third-order valence-corrected chi connectivity index (χ3v) is 2.60. The molecule has 0 saturated carbocycles. The van der Waals surface area contributed by atoms with Gasteiger partial charge in [-0.15, -0.1) is 0 Å². The smallest absolute Gasteiger partial charge is 0.254 e. The van der Waals surface area contributed by atoms with E-state index in [0.29, 0.717) is 6.54 Å². The predicted octanol–water partition coefficient (Wildman–Crippen LogP) is 2.18. The maximum Gasteiger partial charge on any atom is 0.254 e. The molecule has 0 spiro atoms. The van der Waals surface area contributed by atoms with Gasteiger partial charge in [-0.3, -0.25) is 4.79 Å². The van der Waals surface area contributed by atoms with Gasteiger partial charge in [-0.2, -0.15) is 0 Å². The monoisotopic (exact) mass is 274 g/mol. The highest BCUT2D eigenvalue weighted by molar-refractivity contribution is 5.94. The second-order valence-corrected chi connectivity index (χ2v) is 4.49. The summed E-state index contributed by atoms with van der Waals surface area (Å²) in [5.74, 6) is -5.12. The zero-order valence-corrected chi connectivity index (χ0v) is 11.0. The molecule has 6 heteroatoms. The molecule has 0 saturated heterocycles. The lowest BCUT2D eigenvalue weighted by atomic mass is 10.2. The summed E-state index contributed by atoms with van der Waals surface area (Å²) < 4.78 is 39.0. The lowest BCUT2D eigenvalue weighted by Crippen LogP contribution is -2.26. The minimum absolute atomic E-state index is 0.366. The summed E-state index contributed by atoms with van der Waals surface area (Å²) in [6, 6.07) is 1.67. The van der Waals surface area contributed by atoms with Crippen LogP contribution in [0.3, 0.4) is 0 Å². The van der Waals surface area contributed by atoms with Crippen molar-refractivity contribution in [3.05, 3.63) is 35.1 Å². The second kappa shape index (κ2) is 7.13. The number of carbonyl (C=O) groups excluding carboxylic acids is 1. The van der Waals surface area contributed by atoms with Crippen molar-refractivity contribution < 1.29 is 18.0 Å². The fraction of sp³-hybridized carbons (Fsp3) is 0.462. The molecule has 0 bridgehead atoms. The van der Waals surface area contributed by atoms with Gasteiger partial charge in [0.1, 0.15) is 0 Å². The van der Waals surface area contributed by atoms with Gasteiger partial charge in [0.15, 0.2) is 17.5 Å². The molecular formula is C13H17F3N2O. The van der Waals surface area contributed by atoms with Crippen molar-refractivity contribution in [2.24, 2.45) is 0 Å². The molecule has 3 nitrogen and oxygen atoms in total. The van der Waals surface area contributed by atoms with Gasteiger partial charge >= 0.3 is 0 Å². The number of carbonyl (C=O) groups is 1. The third-order valence-electron chi connectivity index (χ3n) is 2.60. The molecule has 1 amide bonds. The molecule has 0 fully saturated rings. The summed E-state index contributed by atoms with van der Waals surface area (Å²) >= 11 is 0. The van der Waals surface area contributed by atoms with Crippen LogP contribution in [0.4, 0.5) is 13.2 Å². The van der Waals surface area contributed by atoms with E-state index in [4.69, 9.17) is 0 Å². The Morgan fingerprint density at radius 2 is 1.84 bits per heavy atom. The van der Waals surface area contributed by atoms with Crippen LogP contribution in [0.1, 0.15) is 23.2 Å². The van der Waals surface area contributed by atoms with Crippen LogP contribution in [-0.2, 0) is 0 Å². The first-order valence-electron chi connectivity index (χ1n) is 6.00. The Balaban J connectivity index is 2.48.